The molecular weight excluding hydrogens is 228 g/mol. The van der Waals surface area contributed by atoms with Crippen molar-refractivity contribution in [3.8, 4) is 0 Å². The second kappa shape index (κ2) is 4.36. The summed E-state index contributed by atoms with van der Waals surface area (Å²) in [5.74, 6) is 1.85. The quantitative estimate of drug-likeness (QED) is 0.860. The number of hydrogen-bond acceptors (Lipinski definition) is 2. The molecule has 1 fully saturated rings. The first-order chi connectivity index (χ1) is 7.15. The molecule has 82 valence electrons. The van der Waals surface area contributed by atoms with Gasteiger partial charge in [0.2, 0.25) is 0 Å². The van der Waals surface area contributed by atoms with Crippen LogP contribution in [-0.2, 0) is 12.0 Å². The molecule has 0 amide bonds. The van der Waals surface area contributed by atoms with Crippen LogP contribution in [-0.4, -0.2) is 16.6 Å². The molecular formula is C12H15ClOS. The normalized spacial score (nSPS) is 25.8. The molecule has 1 aliphatic heterocycles. The van der Waals surface area contributed by atoms with E-state index in [4.69, 9.17) is 11.6 Å². The van der Waals surface area contributed by atoms with Gasteiger partial charge in [-0.1, -0.05) is 30.7 Å². The molecule has 1 aromatic rings. The highest BCUT2D eigenvalue weighted by Gasteiger charge is 2.33. The van der Waals surface area contributed by atoms with Crippen LogP contribution in [0.5, 0.6) is 0 Å². The fourth-order valence-corrected chi connectivity index (χ4v) is 3.44. The Hall–Kier alpha value is -0.180. The molecule has 1 unspecified atom stereocenters. The van der Waals surface area contributed by atoms with E-state index < -0.39 is 5.60 Å². The van der Waals surface area contributed by atoms with E-state index >= 15 is 0 Å². The standard InChI is InChI=1S/C12H15ClOS/c1-2-9-7-10(3-4-11(9)13)12(14)5-6-15-8-12/h3-4,7,14H,2,5-6,8H2,1H3. The summed E-state index contributed by atoms with van der Waals surface area (Å²) in [5.41, 5.74) is 1.52. The van der Waals surface area contributed by atoms with Crippen molar-refractivity contribution >= 4 is 23.4 Å². The van der Waals surface area contributed by atoms with Crippen molar-refractivity contribution in [2.45, 2.75) is 25.4 Å². The Bertz CT molecular complexity index is 359. The molecule has 1 heterocycles. The van der Waals surface area contributed by atoms with E-state index in [-0.39, 0.29) is 0 Å². The van der Waals surface area contributed by atoms with Gasteiger partial charge in [0.1, 0.15) is 0 Å². The first kappa shape index (κ1) is 11.3. The van der Waals surface area contributed by atoms with Gasteiger partial charge in [-0.25, -0.2) is 0 Å². The Morgan fingerprint density at radius 1 is 1.53 bits per heavy atom. The number of hydrogen-bond donors (Lipinski definition) is 1. The molecule has 2 rings (SSSR count). The van der Waals surface area contributed by atoms with Gasteiger partial charge in [-0.2, -0.15) is 11.8 Å². The summed E-state index contributed by atoms with van der Waals surface area (Å²) in [7, 11) is 0. The van der Waals surface area contributed by atoms with Crippen molar-refractivity contribution in [1.29, 1.82) is 0 Å². The Morgan fingerprint density at radius 2 is 2.33 bits per heavy atom. The minimum Gasteiger partial charge on any atom is -0.384 e. The van der Waals surface area contributed by atoms with E-state index in [0.29, 0.717) is 0 Å². The number of thioether (sulfide) groups is 1. The van der Waals surface area contributed by atoms with Crippen molar-refractivity contribution < 1.29 is 5.11 Å². The van der Waals surface area contributed by atoms with Crippen LogP contribution in [0.2, 0.25) is 5.02 Å². The highest BCUT2D eigenvalue weighted by molar-refractivity contribution is 7.99. The number of benzene rings is 1. The lowest BCUT2D eigenvalue weighted by molar-refractivity contribution is 0.0657. The summed E-state index contributed by atoms with van der Waals surface area (Å²) < 4.78 is 0. The monoisotopic (exact) mass is 242 g/mol. The largest absolute Gasteiger partial charge is 0.384 e. The van der Waals surface area contributed by atoms with Gasteiger partial charge in [-0.3, -0.25) is 0 Å². The van der Waals surface area contributed by atoms with Crippen molar-refractivity contribution in [3.63, 3.8) is 0 Å². The van der Waals surface area contributed by atoms with Crippen LogP contribution >= 0.6 is 23.4 Å². The van der Waals surface area contributed by atoms with Crippen LogP contribution in [0, 0.1) is 0 Å². The average molecular weight is 243 g/mol. The summed E-state index contributed by atoms with van der Waals surface area (Å²) in [5, 5.41) is 11.2. The van der Waals surface area contributed by atoms with Crippen LogP contribution in [0.4, 0.5) is 0 Å². The molecule has 0 aliphatic carbocycles. The first-order valence-corrected chi connectivity index (χ1v) is 6.78. The molecule has 3 heteroatoms. The van der Waals surface area contributed by atoms with Gasteiger partial charge in [0.05, 0.1) is 5.60 Å². The fraction of sp³-hybridized carbons (Fsp3) is 0.500. The van der Waals surface area contributed by atoms with Crippen LogP contribution in [0.15, 0.2) is 18.2 Å². The van der Waals surface area contributed by atoms with E-state index in [1.165, 1.54) is 0 Å². The smallest absolute Gasteiger partial charge is 0.0994 e. The van der Waals surface area contributed by atoms with E-state index in [9.17, 15) is 5.11 Å². The summed E-state index contributed by atoms with van der Waals surface area (Å²) >= 11 is 7.87. The van der Waals surface area contributed by atoms with Gasteiger partial charge in [-0.05, 0) is 35.8 Å². The van der Waals surface area contributed by atoms with E-state index in [2.05, 4.69) is 6.92 Å². The summed E-state index contributed by atoms with van der Waals surface area (Å²) in [6.07, 6.45) is 1.76. The van der Waals surface area contributed by atoms with Gasteiger partial charge in [0, 0.05) is 10.8 Å². The van der Waals surface area contributed by atoms with Crippen molar-refractivity contribution in [1.82, 2.24) is 0 Å². The van der Waals surface area contributed by atoms with E-state index in [0.717, 1.165) is 40.5 Å². The minimum atomic E-state index is -0.626. The average Bonchev–Trinajstić information content (AvgIpc) is 2.67. The minimum absolute atomic E-state index is 0.626. The zero-order valence-corrected chi connectivity index (χ0v) is 10.4. The molecule has 0 aromatic heterocycles. The van der Waals surface area contributed by atoms with Crippen molar-refractivity contribution in [2.75, 3.05) is 11.5 Å². The molecule has 1 N–H and O–H groups in total. The van der Waals surface area contributed by atoms with Crippen molar-refractivity contribution in [2.24, 2.45) is 0 Å². The molecule has 0 bridgehead atoms. The van der Waals surface area contributed by atoms with Gasteiger partial charge >= 0.3 is 0 Å². The molecule has 0 radical (unpaired) electrons. The maximum absolute atomic E-state index is 10.4. The predicted molar refractivity (Wildman–Crippen MR) is 66.7 cm³/mol. The fourth-order valence-electron chi connectivity index (χ4n) is 1.92. The molecule has 0 spiro atoms. The van der Waals surface area contributed by atoms with Crippen molar-refractivity contribution in [3.05, 3.63) is 34.3 Å². The maximum Gasteiger partial charge on any atom is 0.0994 e. The first-order valence-electron chi connectivity index (χ1n) is 5.25. The van der Waals surface area contributed by atoms with E-state index in [1.54, 1.807) is 0 Å². The summed E-state index contributed by atoms with van der Waals surface area (Å²) in [6, 6.07) is 5.90. The lowest BCUT2D eigenvalue weighted by atomic mass is 9.92. The summed E-state index contributed by atoms with van der Waals surface area (Å²) in [6.45, 7) is 2.08. The van der Waals surface area contributed by atoms with E-state index in [1.807, 2.05) is 30.0 Å². The Labute approximate surface area is 99.8 Å². The molecule has 1 nitrogen and oxygen atoms in total. The number of rotatable bonds is 2. The highest BCUT2D eigenvalue weighted by Crippen LogP contribution is 2.37. The molecule has 1 atom stereocenters. The Kier molecular flexibility index (Phi) is 3.29. The van der Waals surface area contributed by atoms with Gasteiger partial charge in [-0.15, -0.1) is 0 Å². The van der Waals surface area contributed by atoms with Crippen LogP contribution in [0.3, 0.4) is 0 Å². The summed E-state index contributed by atoms with van der Waals surface area (Å²) in [4.78, 5) is 0. The molecule has 15 heavy (non-hydrogen) atoms. The Morgan fingerprint density at radius 3 is 2.93 bits per heavy atom. The zero-order chi connectivity index (χ0) is 10.9. The SMILES string of the molecule is CCc1cc(C2(O)CCSC2)ccc1Cl. The highest BCUT2D eigenvalue weighted by atomic mass is 35.5. The maximum atomic E-state index is 10.4. The van der Waals surface area contributed by atoms with Crippen LogP contribution < -0.4 is 0 Å². The Balaban J connectivity index is 2.36. The van der Waals surface area contributed by atoms with Gasteiger partial charge < -0.3 is 5.11 Å². The topological polar surface area (TPSA) is 20.2 Å². The lowest BCUT2D eigenvalue weighted by Crippen LogP contribution is -2.24. The number of halogens is 1. The second-order valence-electron chi connectivity index (χ2n) is 3.99. The third kappa shape index (κ3) is 2.17. The number of aryl methyl sites for hydroxylation is 1. The predicted octanol–water partition coefficient (Wildman–Crippen LogP) is 3.23. The van der Waals surface area contributed by atoms with Gasteiger partial charge in [0.15, 0.2) is 0 Å². The lowest BCUT2D eigenvalue weighted by Gasteiger charge is -2.22. The van der Waals surface area contributed by atoms with Crippen LogP contribution in [0.1, 0.15) is 24.5 Å². The zero-order valence-electron chi connectivity index (χ0n) is 8.79. The number of aliphatic hydroxyl groups is 1. The third-order valence-electron chi connectivity index (χ3n) is 2.96. The molecule has 1 aromatic carbocycles. The van der Waals surface area contributed by atoms with Gasteiger partial charge in [0.25, 0.3) is 0 Å². The third-order valence-corrected chi connectivity index (χ3v) is 4.51. The molecule has 1 aliphatic rings. The second-order valence-corrected chi connectivity index (χ2v) is 5.51. The van der Waals surface area contributed by atoms with Crippen LogP contribution in [0.25, 0.3) is 0 Å². The molecule has 1 saturated heterocycles. The molecule has 0 saturated carbocycles.